The molecule has 0 bridgehead atoms. The third-order valence-corrected chi connectivity index (χ3v) is 3.59. The molecule has 0 aromatic carbocycles. The summed E-state index contributed by atoms with van der Waals surface area (Å²) >= 11 is 0. The van der Waals surface area contributed by atoms with Crippen LogP contribution in [0.1, 0.15) is 40.0 Å². The van der Waals surface area contributed by atoms with Gasteiger partial charge in [0.25, 0.3) is 0 Å². The highest BCUT2D eigenvalue weighted by atomic mass is 16.5. The van der Waals surface area contributed by atoms with Crippen LogP contribution in [0.2, 0.25) is 0 Å². The lowest BCUT2D eigenvalue weighted by Crippen LogP contribution is -2.48. The lowest BCUT2D eigenvalue weighted by Gasteiger charge is -2.40. The Hall–Kier alpha value is -0.590. The Bertz CT molecular complexity index is 270. The minimum Gasteiger partial charge on any atom is -0.377 e. The van der Waals surface area contributed by atoms with E-state index in [1.54, 1.807) is 7.11 Å². The third kappa shape index (κ3) is 3.77. The smallest absolute Gasteiger partial charge is 0.0777 e. The highest BCUT2D eigenvalue weighted by Gasteiger charge is 2.31. The highest BCUT2D eigenvalue weighted by Crippen LogP contribution is 2.26. The van der Waals surface area contributed by atoms with E-state index in [0.717, 1.165) is 32.5 Å². The molecule has 1 saturated heterocycles. The SMILES string of the molecule is COC1(C)CCCN(CCC(C)(C)C#N)C1. The number of methoxy groups -OCH3 is 1. The maximum absolute atomic E-state index is 8.98. The average molecular weight is 224 g/mol. The van der Waals surface area contributed by atoms with Crippen LogP contribution < -0.4 is 0 Å². The first kappa shape index (κ1) is 13.5. The summed E-state index contributed by atoms with van der Waals surface area (Å²) in [6.07, 6.45) is 3.27. The normalized spacial score (nSPS) is 27.7. The Labute approximate surface area is 99.4 Å². The van der Waals surface area contributed by atoms with Crippen molar-refractivity contribution in [2.24, 2.45) is 5.41 Å². The van der Waals surface area contributed by atoms with Crippen molar-refractivity contribution in [3.05, 3.63) is 0 Å². The van der Waals surface area contributed by atoms with Crippen LogP contribution in [-0.2, 0) is 4.74 Å². The number of likely N-dealkylation sites (tertiary alicyclic amines) is 1. The predicted molar refractivity (Wildman–Crippen MR) is 65.1 cm³/mol. The summed E-state index contributed by atoms with van der Waals surface area (Å²) in [5.41, 5.74) is -0.198. The first-order valence-electron chi connectivity index (χ1n) is 6.10. The Morgan fingerprint density at radius 3 is 2.75 bits per heavy atom. The molecule has 0 aliphatic carbocycles. The number of nitriles is 1. The molecule has 0 spiro atoms. The first-order valence-corrected chi connectivity index (χ1v) is 6.10. The van der Waals surface area contributed by atoms with Crippen LogP contribution in [0.5, 0.6) is 0 Å². The van der Waals surface area contributed by atoms with Gasteiger partial charge in [-0.15, -0.1) is 0 Å². The van der Waals surface area contributed by atoms with Gasteiger partial charge in [-0.05, 0) is 53.1 Å². The maximum Gasteiger partial charge on any atom is 0.0777 e. The van der Waals surface area contributed by atoms with E-state index in [-0.39, 0.29) is 11.0 Å². The zero-order chi connectivity index (χ0) is 12.2. The van der Waals surface area contributed by atoms with E-state index >= 15 is 0 Å². The van der Waals surface area contributed by atoms with Crippen LogP contribution in [0.15, 0.2) is 0 Å². The van der Waals surface area contributed by atoms with E-state index in [4.69, 9.17) is 10.00 Å². The molecule has 3 heteroatoms. The van der Waals surface area contributed by atoms with Crippen LogP contribution in [0.25, 0.3) is 0 Å². The molecule has 0 aromatic rings. The van der Waals surface area contributed by atoms with Crippen molar-refractivity contribution in [2.45, 2.75) is 45.6 Å². The van der Waals surface area contributed by atoms with E-state index in [9.17, 15) is 0 Å². The highest BCUT2D eigenvalue weighted by molar-refractivity contribution is 4.93. The summed E-state index contributed by atoms with van der Waals surface area (Å²) in [6, 6.07) is 2.36. The minimum absolute atomic E-state index is 0.00896. The molecule has 1 heterocycles. The Balaban J connectivity index is 2.42. The standard InChI is InChI=1S/C13H24N2O/c1-12(2,10-14)7-9-15-8-5-6-13(3,11-15)16-4/h5-9,11H2,1-4H3. The van der Waals surface area contributed by atoms with Crippen LogP contribution in [0, 0.1) is 16.7 Å². The lowest BCUT2D eigenvalue weighted by molar-refractivity contribution is -0.0518. The summed E-state index contributed by atoms with van der Waals surface area (Å²) in [5.74, 6) is 0. The molecule has 16 heavy (non-hydrogen) atoms. The van der Waals surface area contributed by atoms with Crippen molar-refractivity contribution in [3.8, 4) is 6.07 Å². The summed E-state index contributed by atoms with van der Waals surface area (Å²) in [4.78, 5) is 2.42. The van der Waals surface area contributed by atoms with E-state index in [1.807, 2.05) is 13.8 Å². The summed E-state index contributed by atoms with van der Waals surface area (Å²) in [7, 11) is 1.79. The van der Waals surface area contributed by atoms with E-state index in [2.05, 4.69) is 17.9 Å². The number of ether oxygens (including phenoxy) is 1. The second-order valence-corrected chi connectivity index (χ2v) is 5.78. The second kappa shape index (κ2) is 5.16. The maximum atomic E-state index is 8.98. The molecule has 0 N–H and O–H groups in total. The molecule has 1 unspecified atom stereocenters. The molecule has 3 nitrogen and oxygen atoms in total. The number of nitrogens with zero attached hydrogens (tertiary/aromatic N) is 2. The van der Waals surface area contributed by atoms with Gasteiger partial charge in [0.1, 0.15) is 0 Å². The quantitative estimate of drug-likeness (QED) is 0.736. The molecule has 1 aliphatic rings. The summed E-state index contributed by atoms with van der Waals surface area (Å²) in [5, 5.41) is 8.98. The van der Waals surface area contributed by atoms with Gasteiger partial charge in [-0.1, -0.05) is 0 Å². The molecule has 1 rings (SSSR count). The monoisotopic (exact) mass is 224 g/mol. The van der Waals surface area contributed by atoms with E-state index in [1.165, 1.54) is 6.42 Å². The Morgan fingerprint density at radius 1 is 1.50 bits per heavy atom. The molecule has 92 valence electrons. The molecule has 1 aliphatic heterocycles. The van der Waals surface area contributed by atoms with Crippen LogP contribution >= 0.6 is 0 Å². The van der Waals surface area contributed by atoms with E-state index in [0.29, 0.717) is 0 Å². The number of rotatable bonds is 4. The molecule has 0 aromatic heterocycles. The first-order chi connectivity index (χ1) is 7.41. The van der Waals surface area contributed by atoms with Crippen molar-refractivity contribution in [1.82, 2.24) is 4.90 Å². The zero-order valence-corrected chi connectivity index (χ0v) is 11.0. The van der Waals surface area contributed by atoms with Crippen molar-refractivity contribution < 1.29 is 4.74 Å². The van der Waals surface area contributed by atoms with Gasteiger partial charge in [0, 0.05) is 13.7 Å². The van der Waals surface area contributed by atoms with Gasteiger partial charge in [0.05, 0.1) is 17.1 Å². The number of hydrogen-bond donors (Lipinski definition) is 0. The van der Waals surface area contributed by atoms with Gasteiger partial charge in [0.15, 0.2) is 0 Å². The largest absolute Gasteiger partial charge is 0.377 e. The average Bonchev–Trinajstić information content (AvgIpc) is 2.27. The Kier molecular flexibility index (Phi) is 4.35. The van der Waals surface area contributed by atoms with Gasteiger partial charge in [-0.3, -0.25) is 0 Å². The van der Waals surface area contributed by atoms with Gasteiger partial charge >= 0.3 is 0 Å². The van der Waals surface area contributed by atoms with Crippen LogP contribution in [0.4, 0.5) is 0 Å². The zero-order valence-electron chi connectivity index (χ0n) is 11.0. The van der Waals surface area contributed by atoms with Gasteiger partial charge < -0.3 is 9.64 Å². The topological polar surface area (TPSA) is 36.3 Å². The van der Waals surface area contributed by atoms with Gasteiger partial charge in [-0.2, -0.15) is 5.26 Å². The fourth-order valence-corrected chi connectivity index (χ4v) is 2.16. The molecule has 1 fully saturated rings. The van der Waals surface area contributed by atoms with Gasteiger partial charge in [0.2, 0.25) is 0 Å². The second-order valence-electron chi connectivity index (χ2n) is 5.78. The predicted octanol–water partition coefficient (Wildman–Crippen LogP) is 2.43. The van der Waals surface area contributed by atoms with Gasteiger partial charge in [-0.25, -0.2) is 0 Å². The van der Waals surface area contributed by atoms with Crippen LogP contribution in [-0.4, -0.2) is 37.2 Å². The molecular formula is C13H24N2O. The lowest BCUT2D eigenvalue weighted by atomic mass is 9.89. The van der Waals surface area contributed by atoms with E-state index < -0.39 is 0 Å². The van der Waals surface area contributed by atoms with Crippen LogP contribution in [0.3, 0.4) is 0 Å². The molecule has 0 saturated carbocycles. The molecule has 0 radical (unpaired) electrons. The Morgan fingerprint density at radius 2 is 2.19 bits per heavy atom. The fourth-order valence-electron chi connectivity index (χ4n) is 2.16. The molecule has 0 amide bonds. The molecular weight excluding hydrogens is 200 g/mol. The number of hydrogen-bond acceptors (Lipinski definition) is 3. The fraction of sp³-hybridized carbons (Fsp3) is 0.923. The molecule has 1 atom stereocenters. The van der Waals surface area contributed by atoms with Crippen molar-refractivity contribution >= 4 is 0 Å². The third-order valence-electron chi connectivity index (χ3n) is 3.59. The van der Waals surface area contributed by atoms with Crippen molar-refractivity contribution in [1.29, 1.82) is 5.26 Å². The summed E-state index contributed by atoms with van der Waals surface area (Å²) in [6.45, 7) is 9.32. The van der Waals surface area contributed by atoms with Crippen molar-refractivity contribution in [2.75, 3.05) is 26.7 Å². The summed E-state index contributed by atoms with van der Waals surface area (Å²) < 4.78 is 5.56. The van der Waals surface area contributed by atoms with Crippen molar-refractivity contribution in [3.63, 3.8) is 0 Å². The number of piperidine rings is 1. The minimum atomic E-state index is -0.207.